The standard InChI is InChI=1S/C26H23NO/c1-19-18-22-14-9-13-21-12-5-7-16-24(21)27(26(22)28-19)25-17-8-6-15-23(25)20-10-3-2-4-11-20/h2-8,10-12,15-18H,9,13-14H2,1H3. The van der Waals surface area contributed by atoms with Crippen molar-refractivity contribution in [3.05, 3.63) is 102 Å². The number of nitrogens with zero attached hydrogens (tertiary/aromatic N) is 1. The van der Waals surface area contributed by atoms with Crippen LogP contribution in [0.3, 0.4) is 0 Å². The van der Waals surface area contributed by atoms with Crippen LogP contribution in [0, 0.1) is 6.92 Å². The smallest absolute Gasteiger partial charge is 0.207 e. The highest BCUT2D eigenvalue weighted by Crippen LogP contribution is 2.45. The molecule has 0 radical (unpaired) electrons. The van der Waals surface area contributed by atoms with Crippen molar-refractivity contribution in [3.8, 4) is 11.1 Å². The predicted molar refractivity (Wildman–Crippen MR) is 116 cm³/mol. The minimum atomic E-state index is 0.952. The summed E-state index contributed by atoms with van der Waals surface area (Å²) < 4.78 is 6.28. The first-order valence-electron chi connectivity index (χ1n) is 9.93. The van der Waals surface area contributed by atoms with Crippen LogP contribution in [0.1, 0.15) is 23.3 Å². The zero-order valence-corrected chi connectivity index (χ0v) is 16.1. The molecule has 2 nitrogen and oxygen atoms in total. The van der Waals surface area contributed by atoms with Crippen LogP contribution in [0.25, 0.3) is 11.1 Å². The molecular weight excluding hydrogens is 342 g/mol. The molecule has 0 atom stereocenters. The highest BCUT2D eigenvalue weighted by molar-refractivity contribution is 5.88. The first-order valence-corrected chi connectivity index (χ1v) is 9.93. The summed E-state index contributed by atoms with van der Waals surface area (Å²) in [5.74, 6) is 1.92. The second-order valence-electron chi connectivity index (χ2n) is 7.39. The van der Waals surface area contributed by atoms with Crippen LogP contribution >= 0.6 is 0 Å². The molecule has 0 spiro atoms. The maximum Gasteiger partial charge on any atom is 0.207 e. The van der Waals surface area contributed by atoms with E-state index in [9.17, 15) is 0 Å². The number of aryl methyl sites for hydroxylation is 3. The maximum absolute atomic E-state index is 6.28. The monoisotopic (exact) mass is 365 g/mol. The normalized spacial score (nSPS) is 13.4. The summed E-state index contributed by atoms with van der Waals surface area (Å²) >= 11 is 0. The second-order valence-corrected chi connectivity index (χ2v) is 7.39. The zero-order valence-electron chi connectivity index (χ0n) is 16.1. The third-order valence-corrected chi connectivity index (χ3v) is 5.47. The number of hydrogen-bond donors (Lipinski definition) is 0. The summed E-state index contributed by atoms with van der Waals surface area (Å²) in [5, 5.41) is 0. The second kappa shape index (κ2) is 7.05. The molecule has 138 valence electrons. The van der Waals surface area contributed by atoms with Gasteiger partial charge in [0.25, 0.3) is 0 Å². The lowest BCUT2D eigenvalue weighted by molar-refractivity contribution is 0.537. The Hall–Kier alpha value is -3.26. The Kier molecular flexibility index (Phi) is 4.25. The van der Waals surface area contributed by atoms with Crippen molar-refractivity contribution in [3.63, 3.8) is 0 Å². The van der Waals surface area contributed by atoms with Crippen molar-refractivity contribution in [1.29, 1.82) is 0 Å². The molecule has 0 fully saturated rings. The molecule has 0 saturated carbocycles. The van der Waals surface area contributed by atoms with Gasteiger partial charge in [-0.25, -0.2) is 0 Å². The highest BCUT2D eigenvalue weighted by atomic mass is 16.4. The van der Waals surface area contributed by atoms with Gasteiger partial charge in [-0.3, -0.25) is 4.90 Å². The summed E-state index contributed by atoms with van der Waals surface area (Å²) in [7, 11) is 0. The minimum absolute atomic E-state index is 0.952. The maximum atomic E-state index is 6.28. The SMILES string of the molecule is Cc1cc2c(o1)N(c1ccccc1-c1ccccc1)c1ccccc1CCC2. The molecule has 1 aromatic heterocycles. The lowest BCUT2D eigenvalue weighted by Crippen LogP contribution is -2.16. The van der Waals surface area contributed by atoms with Gasteiger partial charge in [-0.2, -0.15) is 0 Å². The summed E-state index contributed by atoms with van der Waals surface area (Å²) in [6, 6.07) is 30.1. The highest BCUT2D eigenvalue weighted by Gasteiger charge is 2.26. The fourth-order valence-electron chi connectivity index (χ4n) is 4.21. The van der Waals surface area contributed by atoms with E-state index >= 15 is 0 Å². The van der Waals surface area contributed by atoms with Gasteiger partial charge in [0.15, 0.2) is 0 Å². The Morgan fingerprint density at radius 3 is 2.25 bits per heavy atom. The third kappa shape index (κ3) is 2.91. The van der Waals surface area contributed by atoms with Gasteiger partial charge in [0, 0.05) is 11.1 Å². The van der Waals surface area contributed by atoms with Gasteiger partial charge in [-0.05, 0) is 55.5 Å². The number of fused-ring (bicyclic) bond motifs is 2. The van der Waals surface area contributed by atoms with Gasteiger partial charge in [-0.15, -0.1) is 0 Å². The molecule has 0 amide bonds. The molecule has 0 aliphatic carbocycles. The van der Waals surface area contributed by atoms with Gasteiger partial charge in [0.05, 0.1) is 11.4 Å². The molecule has 1 aliphatic heterocycles. The van der Waals surface area contributed by atoms with Crippen molar-refractivity contribution in [1.82, 2.24) is 0 Å². The predicted octanol–water partition coefficient (Wildman–Crippen LogP) is 7.21. The fraction of sp³-hybridized carbons (Fsp3) is 0.154. The van der Waals surface area contributed by atoms with E-state index in [1.54, 1.807) is 0 Å². The summed E-state index contributed by atoms with van der Waals surface area (Å²) in [5.41, 5.74) is 7.43. The number of hydrogen-bond acceptors (Lipinski definition) is 2. The van der Waals surface area contributed by atoms with Crippen LogP contribution < -0.4 is 4.90 Å². The van der Waals surface area contributed by atoms with Gasteiger partial charge in [0.1, 0.15) is 5.76 Å². The van der Waals surface area contributed by atoms with Gasteiger partial charge in [0.2, 0.25) is 5.88 Å². The fourth-order valence-corrected chi connectivity index (χ4v) is 4.21. The van der Waals surface area contributed by atoms with E-state index in [1.807, 2.05) is 6.92 Å². The summed E-state index contributed by atoms with van der Waals surface area (Å²) in [6.07, 6.45) is 3.24. The number of rotatable bonds is 2. The van der Waals surface area contributed by atoms with E-state index in [0.29, 0.717) is 0 Å². The molecule has 3 aromatic carbocycles. The van der Waals surface area contributed by atoms with Crippen LogP contribution in [0.4, 0.5) is 17.3 Å². The van der Waals surface area contributed by atoms with Crippen molar-refractivity contribution >= 4 is 17.3 Å². The van der Waals surface area contributed by atoms with Crippen molar-refractivity contribution in [2.45, 2.75) is 26.2 Å². The Morgan fingerprint density at radius 1 is 0.714 bits per heavy atom. The lowest BCUT2D eigenvalue weighted by atomic mass is 9.97. The van der Waals surface area contributed by atoms with Crippen LogP contribution in [0.15, 0.2) is 89.3 Å². The number of furan rings is 1. The van der Waals surface area contributed by atoms with E-state index in [1.165, 1.54) is 27.9 Å². The first kappa shape index (κ1) is 16.9. The molecule has 0 bridgehead atoms. The number of benzene rings is 3. The van der Waals surface area contributed by atoms with E-state index in [4.69, 9.17) is 4.42 Å². The molecule has 0 N–H and O–H groups in total. The molecule has 0 unspecified atom stereocenters. The van der Waals surface area contributed by atoms with Crippen LogP contribution in [-0.2, 0) is 12.8 Å². The van der Waals surface area contributed by atoms with E-state index < -0.39 is 0 Å². The van der Waals surface area contributed by atoms with Crippen LogP contribution in [0.2, 0.25) is 0 Å². The molecule has 0 saturated heterocycles. The number of anilines is 3. The largest absolute Gasteiger partial charge is 0.445 e. The topological polar surface area (TPSA) is 16.4 Å². The quantitative estimate of drug-likeness (QED) is 0.373. The zero-order chi connectivity index (χ0) is 18.9. The molecule has 2 heterocycles. The van der Waals surface area contributed by atoms with E-state index in [0.717, 1.165) is 36.6 Å². The lowest BCUT2D eigenvalue weighted by Gasteiger charge is -2.29. The summed E-state index contributed by atoms with van der Waals surface area (Å²) in [6.45, 7) is 2.04. The average Bonchev–Trinajstić information content (AvgIpc) is 3.08. The minimum Gasteiger partial charge on any atom is -0.445 e. The van der Waals surface area contributed by atoms with Crippen molar-refractivity contribution in [2.24, 2.45) is 0 Å². The van der Waals surface area contributed by atoms with E-state index in [2.05, 4.69) is 89.8 Å². The average molecular weight is 365 g/mol. The van der Waals surface area contributed by atoms with Crippen molar-refractivity contribution < 1.29 is 4.42 Å². The molecule has 28 heavy (non-hydrogen) atoms. The Bertz CT molecular complexity index is 1110. The van der Waals surface area contributed by atoms with Crippen LogP contribution in [0.5, 0.6) is 0 Å². The van der Waals surface area contributed by atoms with E-state index in [-0.39, 0.29) is 0 Å². The first-order chi connectivity index (χ1) is 13.8. The van der Waals surface area contributed by atoms with Crippen molar-refractivity contribution in [2.75, 3.05) is 4.90 Å². The summed E-state index contributed by atoms with van der Waals surface area (Å²) in [4.78, 5) is 2.32. The Labute approximate surface area is 166 Å². The van der Waals surface area contributed by atoms with Gasteiger partial charge < -0.3 is 4.42 Å². The molecule has 2 heteroatoms. The number of para-hydroxylation sites is 2. The molecule has 1 aliphatic rings. The molecule has 4 aromatic rings. The Morgan fingerprint density at radius 2 is 1.39 bits per heavy atom. The Balaban J connectivity index is 1.79. The third-order valence-electron chi connectivity index (χ3n) is 5.47. The van der Waals surface area contributed by atoms with Gasteiger partial charge >= 0.3 is 0 Å². The van der Waals surface area contributed by atoms with Crippen LogP contribution in [-0.4, -0.2) is 0 Å². The molecular formula is C26H23NO. The molecule has 5 rings (SSSR count). The van der Waals surface area contributed by atoms with Gasteiger partial charge in [-0.1, -0.05) is 66.7 Å².